The van der Waals surface area contributed by atoms with Crippen molar-refractivity contribution in [2.45, 2.75) is 20.3 Å². The summed E-state index contributed by atoms with van der Waals surface area (Å²) in [7, 11) is 0. The van der Waals surface area contributed by atoms with Crippen molar-refractivity contribution in [1.82, 2.24) is 0 Å². The van der Waals surface area contributed by atoms with Gasteiger partial charge in [0.1, 0.15) is 0 Å². The Morgan fingerprint density at radius 2 is 2.12 bits per heavy atom. The Labute approximate surface area is 50.4 Å². The molecule has 0 atom stereocenters. The number of rotatable bonds is 3. The van der Waals surface area contributed by atoms with Gasteiger partial charge in [0, 0.05) is 0 Å². The second kappa shape index (κ2) is 4.82. The van der Waals surface area contributed by atoms with Crippen molar-refractivity contribution in [3.8, 4) is 0 Å². The summed E-state index contributed by atoms with van der Waals surface area (Å²) in [5, 5.41) is 0. The van der Waals surface area contributed by atoms with Crippen LogP contribution in [0.1, 0.15) is 20.3 Å². The van der Waals surface area contributed by atoms with Gasteiger partial charge in [-0.05, 0) is 12.3 Å². The third kappa shape index (κ3) is 5.67. The van der Waals surface area contributed by atoms with Gasteiger partial charge in [-0.2, -0.15) is 0 Å². The second-order valence-corrected chi connectivity index (χ2v) is 2.15. The lowest BCUT2D eigenvalue weighted by molar-refractivity contribution is 0.500. The molecule has 0 fully saturated rings. The smallest absolute Gasteiger partial charge is 0.0928 e. The Hall–Kier alpha value is -0.330. The Morgan fingerprint density at radius 1 is 1.50 bits per heavy atom. The highest BCUT2D eigenvalue weighted by molar-refractivity contribution is 4.83. The van der Waals surface area contributed by atoms with Crippen molar-refractivity contribution in [2.24, 2.45) is 5.92 Å². The van der Waals surface area contributed by atoms with E-state index in [0.29, 0.717) is 12.3 Å². The minimum atomic E-state index is -0.233. The van der Waals surface area contributed by atoms with E-state index < -0.39 is 0 Å². The lowest BCUT2D eigenvalue weighted by atomic mass is 10.2. The first kappa shape index (κ1) is 7.67. The molecule has 0 aliphatic heterocycles. The van der Waals surface area contributed by atoms with Gasteiger partial charge in [-0.15, -0.1) is 0 Å². The van der Waals surface area contributed by atoms with E-state index in [1.54, 1.807) is 0 Å². The largest absolute Gasteiger partial charge is 0.251 e. The highest BCUT2D eigenvalue weighted by Gasteiger charge is 1.81. The fraction of sp³-hybridized carbons (Fsp3) is 0.714. The number of allylic oxidation sites excluding steroid dienone is 2. The molecule has 0 unspecified atom stereocenters. The molecule has 0 nitrogen and oxygen atoms in total. The molecule has 0 saturated heterocycles. The van der Waals surface area contributed by atoms with Crippen molar-refractivity contribution < 1.29 is 4.39 Å². The third-order valence-electron chi connectivity index (χ3n) is 0.797. The molecule has 0 aliphatic rings. The summed E-state index contributed by atoms with van der Waals surface area (Å²) >= 11 is 0. The van der Waals surface area contributed by atoms with Crippen LogP contribution >= 0.6 is 0 Å². The van der Waals surface area contributed by atoms with Crippen LogP contribution in [0.25, 0.3) is 0 Å². The van der Waals surface area contributed by atoms with Crippen molar-refractivity contribution in [1.29, 1.82) is 0 Å². The molecular weight excluding hydrogens is 103 g/mol. The van der Waals surface area contributed by atoms with E-state index in [0.717, 1.165) is 0 Å². The summed E-state index contributed by atoms with van der Waals surface area (Å²) in [6, 6.07) is 0. The van der Waals surface area contributed by atoms with E-state index in [-0.39, 0.29) is 6.67 Å². The van der Waals surface area contributed by atoms with Gasteiger partial charge in [0.2, 0.25) is 0 Å². The average molecular weight is 116 g/mol. The standard InChI is InChI=1S/C7H13F/c1-7(2)5-3-4-6-8/h3,5,7H,4,6H2,1-2H3. The van der Waals surface area contributed by atoms with Gasteiger partial charge in [0.25, 0.3) is 0 Å². The Kier molecular flexibility index (Phi) is 4.62. The Morgan fingerprint density at radius 3 is 2.50 bits per heavy atom. The van der Waals surface area contributed by atoms with Gasteiger partial charge in [-0.1, -0.05) is 26.0 Å². The van der Waals surface area contributed by atoms with Crippen LogP contribution in [0.5, 0.6) is 0 Å². The van der Waals surface area contributed by atoms with Crippen molar-refractivity contribution in [2.75, 3.05) is 6.67 Å². The topological polar surface area (TPSA) is 0 Å². The lowest BCUT2D eigenvalue weighted by Gasteiger charge is -1.89. The SMILES string of the molecule is CC(C)C=CCCF. The zero-order valence-corrected chi connectivity index (χ0v) is 5.52. The minimum Gasteiger partial charge on any atom is -0.251 e. The van der Waals surface area contributed by atoms with Crippen LogP contribution < -0.4 is 0 Å². The summed E-state index contributed by atoms with van der Waals surface area (Å²) in [5.74, 6) is 0.557. The average Bonchev–Trinajstić information content (AvgIpc) is 1.66. The van der Waals surface area contributed by atoms with Crippen LogP contribution in [0.15, 0.2) is 12.2 Å². The normalized spacial score (nSPS) is 11.5. The molecule has 48 valence electrons. The van der Waals surface area contributed by atoms with Crippen LogP contribution in [-0.2, 0) is 0 Å². The molecule has 0 aromatic rings. The zero-order valence-electron chi connectivity index (χ0n) is 5.52. The van der Waals surface area contributed by atoms with E-state index in [9.17, 15) is 4.39 Å². The molecule has 8 heavy (non-hydrogen) atoms. The predicted molar refractivity (Wildman–Crippen MR) is 34.6 cm³/mol. The number of alkyl halides is 1. The monoisotopic (exact) mass is 116 g/mol. The first-order valence-electron chi connectivity index (χ1n) is 3.00. The van der Waals surface area contributed by atoms with Crippen molar-refractivity contribution >= 4 is 0 Å². The molecule has 0 amide bonds. The Bertz CT molecular complexity index is 64.8. The summed E-state index contributed by atoms with van der Waals surface area (Å²) in [4.78, 5) is 0. The van der Waals surface area contributed by atoms with Crippen LogP contribution in [0, 0.1) is 5.92 Å². The van der Waals surface area contributed by atoms with Gasteiger partial charge in [-0.3, -0.25) is 4.39 Å². The molecule has 0 spiro atoms. The van der Waals surface area contributed by atoms with Gasteiger partial charge in [-0.25, -0.2) is 0 Å². The molecule has 0 aromatic heterocycles. The summed E-state index contributed by atoms with van der Waals surface area (Å²) in [5.41, 5.74) is 0. The van der Waals surface area contributed by atoms with Crippen LogP contribution in [0.2, 0.25) is 0 Å². The van der Waals surface area contributed by atoms with Gasteiger partial charge in [0.05, 0.1) is 6.67 Å². The van der Waals surface area contributed by atoms with E-state index >= 15 is 0 Å². The highest BCUT2D eigenvalue weighted by Crippen LogP contribution is 1.94. The van der Waals surface area contributed by atoms with Gasteiger partial charge in [0.15, 0.2) is 0 Å². The zero-order chi connectivity index (χ0) is 6.41. The van der Waals surface area contributed by atoms with Crippen molar-refractivity contribution in [3.05, 3.63) is 12.2 Å². The Balaban J connectivity index is 3.07. The molecule has 0 aliphatic carbocycles. The summed E-state index contributed by atoms with van der Waals surface area (Å²) in [6.07, 6.45) is 4.46. The lowest BCUT2D eigenvalue weighted by Crippen LogP contribution is -1.77. The number of hydrogen-bond donors (Lipinski definition) is 0. The minimum absolute atomic E-state index is 0.233. The summed E-state index contributed by atoms with van der Waals surface area (Å²) < 4.78 is 11.4. The first-order chi connectivity index (χ1) is 3.77. The molecular formula is C7H13F. The molecule has 1 heteroatoms. The van der Waals surface area contributed by atoms with E-state index in [4.69, 9.17) is 0 Å². The second-order valence-electron chi connectivity index (χ2n) is 2.15. The van der Waals surface area contributed by atoms with Crippen LogP contribution in [-0.4, -0.2) is 6.67 Å². The maximum Gasteiger partial charge on any atom is 0.0928 e. The fourth-order valence-corrected chi connectivity index (χ4v) is 0.431. The maximum absolute atomic E-state index is 11.4. The number of hydrogen-bond acceptors (Lipinski definition) is 0. The number of halogens is 1. The van der Waals surface area contributed by atoms with Gasteiger partial charge >= 0.3 is 0 Å². The maximum atomic E-state index is 11.4. The molecule has 0 N–H and O–H groups in total. The predicted octanol–water partition coefficient (Wildman–Crippen LogP) is 2.56. The molecule has 0 rings (SSSR count). The quantitative estimate of drug-likeness (QED) is 0.497. The molecule has 0 heterocycles. The van der Waals surface area contributed by atoms with E-state index in [1.165, 1.54) is 0 Å². The van der Waals surface area contributed by atoms with Crippen LogP contribution in [0.4, 0.5) is 4.39 Å². The molecule has 0 saturated carbocycles. The molecule has 0 aromatic carbocycles. The van der Waals surface area contributed by atoms with Crippen molar-refractivity contribution in [3.63, 3.8) is 0 Å². The van der Waals surface area contributed by atoms with E-state index in [1.807, 2.05) is 12.2 Å². The van der Waals surface area contributed by atoms with E-state index in [2.05, 4.69) is 13.8 Å². The summed E-state index contributed by atoms with van der Waals surface area (Å²) in [6.45, 7) is 3.92. The first-order valence-corrected chi connectivity index (χ1v) is 3.00. The highest BCUT2D eigenvalue weighted by atomic mass is 19.1. The van der Waals surface area contributed by atoms with Gasteiger partial charge < -0.3 is 0 Å². The molecule has 0 radical (unpaired) electrons. The third-order valence-corrected chi connectivity index (χ3v) is 0.797. The molecule has 0 bridgehead atoms. The van der Waals surface area contributed by atoms with Crippen LogP contribution in [0.3, 0.4) is 0 Å². The fourth-order valence-electron chi connectivity index (χ4n) is 0.431.